The van der Waals surface area contributed by atoms with Gasteiger partial charge in [0, 0.05) is 11.8 Å². The van der Waals surface area contributed by atoms with Crippen molar-refractivity contribution in [1.29, 1.82) is 0 Å². The number of rotatable bonds is 3. The first kappa shape index (κ1) is 11.1. The summed E-state index contributed by atoms with van der Waals surface area (Å²) in [5.41, 5.74) is 0.790. The highest BCUT2D eigenvalue weighted by Gasteiger charge is 2.18. The average molecular weight is 258 g/mol. The average Bonchev–Trinajstić information content (AvgIpc) is 2.75. The highest BCUT2D eigenvalue weighted by Crippen LogP contribution is 2.20. The zero-order chi connectivity index (χ0) is 11.8. The van der Waals surface area contributed by atoms with Crippen LogP contribution in [0, 0.1) is 13.8 Å². The van der Waals surface area contributed by atoms with Crippen molar-refractivity contribution >= 4 is 27.2 Å². The topological polar surface area (TPSA) is 87.7 Å². The van der Waals surface area contributed by atoms with Crippen molar-refractivity contribution in [1.82, 2.24) is 15.2 Å². The van der Waals surface area contributed by atoms with Gasteiger partial charge in [0.15, 0.2) is 10.0 Å². The van der Waals surface area contributed by atoms with E-state index in [1.165, 1.54) is 6.20 Å². The van der Waals surface area contributed by atoms with Crippen molar-refractivity contribution in [2.75, 3.05) is 4.72 Å². The molecule has 2 aromatic heterocycles. The zero-order valence-corrected chi connectivity index (χ0v) is 10.3. The van der Waals surface area contributed by atoms with E-state index in [0.29, 0.717) is 5.01 Å². The first-order valence-corrected chi connectivity index (χ1v) is 6.74. The van der Waals surface area contributed by atoms with Crippen molar-refractivity contribution < 1.29 is 8.42 Å². The van der Waals surface area contributed by atoms with Crippen molar-refractivity contribution in [2.45, 2.75) is 18.1 Å². The van der Waals surface area contributed by atoms with E-state index in [0.717, 1.165) is 17.0 Å². The predicted molar refractivity (Wildman–Crippen MR) is 61.0 cm³/mol. The van der Waals surface area contributed by atoms with Crippen LogP contribution < -0.4 is 4.72 Å². The van der Waals surface area contributed by atoms with Gasteiger partial charge in [0.2, 0.25) is 0 Å². The summed E-state index contributed by atoms with van der Waals surface area (Å²) in [7, 11) is -3.56. The van der Waals surface area contributed by atoms with E-state index in [9.17, 15) is 8.42 Å². The fourth-order valence-electron chi connectivity index (χ4n) is 1.12. The summed E-state index contributed by atoms with van der Waals surface area (Å²) < 4.78 is 26.2. The molecular formula is C8H10N4O2S2. The highest BCUT2D eigenvalue weighted by molar-refractivity contribution is 7.94. The molecule has 2 aromatic rings. The van der Waals surface area contributed by atoms with Crippen LogP contribution in [-0.2, 0) is 10.0 Å². The van der Waals surface area contributed by atoms with Gasteiger partial charge in [0.1, 0.15) is 0 Å². The van der Waals surface area contributed by atoms with E-state index < -0.39 is 10.0 Å². The number of aromatic nitrogens is 3. The molecule has 0 bridgehead atoms. The third-order valence-corrected chi connectivity index (χ3v) is 4.54. The Morgan fingerprint density at radius 3 is 2.69 bits per heavy atom. The summed E-state index contributed by atoms with van der Waals surface area (Å²) in [6, 6.07) is 1.62. The van der Waals surface area contributed by atoms with Gasteiger partial charge in [-0.25, -0.2) is 13.4 Å². The Labute approximate surface area is 96.8 Å². The predicted octanol–water partition coefficient (Wildman–Crippen LogP) is 1.28. The molecule has 86 valence electrons. The first-order chi connectivity index (χ1) is 7.47. The van der Waals surface area contributed by atoms with Gasteiger partial charge in [-0.2, -0.15) is 5.10 Å². The summed E-state index contributed by atoms with van der Waals surface area (Å²) in [5.74, 6) is 0.281. The van der Waals surface area contributed by atoms with Gasteiger partial charge < -0.3 is 0 Å². The Balaban J connectivity index is 2.27. The van der Waals surface area contributed by atoms with Crippen LogP contribution in [0.1, 0.15) is 10.7 Å². The van der Waals surface area contributed by atoms with Crippen LogP contribution in [0.3, 0.4) is 0 Å². The van der Waals surface area contributed by atoms with Gasteiger partial charge in [0.25, 0.3) is 10.0 Å². The lowest BCUT2D eigenvalue weighted by Gasteiger charge is -2.00. The van der Waals surface area contributed by atoms with Crippen LogP contribution in [0.4, 0.5) is 5.82 Å². The van der Waals surface area contributed by atoms with Gasteiger partial charge >= 0.3 is 0 Å². The maximum Gasteiger partial charge on any atom is 0.274 e. The molecule has 0 saturated heterocycles. The molecular weight excluding hydrogens is 248 g/mol. The Morgan fingerprint density at radius 2 is 2.19 bits per heavy atom. The second-order valence-corrected chi connectivity index (χ2v) is 6.38. The Bertz CT molecular complexity index is 599. The maximum atomic E-state index is 11.8. The summed E-state index contributed by atoms with van der Waals surface area (Å²) in [5, 5.41) is 7.17. The molecule has 0 amide bonds. The lowest BCUT2D eigenvalue weighted by molar-refractivity contribution is 0.602. The number of aryl methyl sites for hydroxylation is 2. The number of H-pyrrole nitrogens is 1. The van der Waals surface area contributed by atoms with Crippen molar-refractivity contribution in [2.24, 2.45) is 0 Å². The van der Waals surface area contributed by atoms with Gasteiger partial charge in [-0.15, -0.1) is 11.3 Å². The molecule has 0 aromatic carbocycles. The molecule has 0 aliphatic rings. The Morgan fingerprint density at radius 1 is 1.44 bits per heavy atom. The molecule has 2 N–H and O–H groups in total. The fraction of sp³-hybridized carbons (Fsp3) is 0.250. The second kappa shape index (κ2) is 3.87. The maximum absolute atomic E-state index is 11.8. The third-order valence-electron chi connectivity index (χ3n) is 1.81. The SMILES string of the molecule is Cc1cc(NS(=O)(=O)c2cnc(C)s2)n[nH]1. The van der Waals surface area contributed by atoms with E-state index in [1.54, 1.807) is 19.9 Å². The Hall–Kier alpha value is -1.41. The fourth-order valence-corrected chi connectivity index (χ4v) is 3.22. The van der Waals surface area contributed by atoms with Crippen LogP contribution in [0.15, 0.2) is 16.5 Å². The number of hydrogen-bond donors (Lipinski definition) is 2. The first-order valence-electron chi connectivity index (χ1n) is 4.44. The molecule has 0 atom stereocenters. The van der Waals surface area contributed by atoms with Gasteiger partial charge in [0.05, 0.1) is 11.2 Å². The number of nitrogens with zero attached hydrogens (tertiary/aromatic N) is 2. The zero-order valence-electron chi connectivity index (χ0n) is 8.68. The minimum Gasteiger partial charge on any atom is -0.281 e. The molecule has 2 rings (SSSR count). The number of nitrogens with one attached hydrogen (secondary N) is 2. The minimum absolute atomic E-state index is 0.186. The largest absolute Gasteiger partial charge is 0.281 e. The van der Waals surface area contributed by atoms with E-state index in [4.69, 9.17) is 0 Å². The molecule has 0 aliphatic heterocycles. The summed E-state index contributed by atoms with van der Waals surface area (Å²) in [6.45, 7) is 3.55. The lowest BCUT2D eigenvalue weighted by Crippen LogP contribution is -2.11. The van der Waals surface area contributed by atoms with E-state index in [1.807, 2.05) is 0 Å². The summed E-state index contributed by atoms with van der Waals surface area (Å²) in [4.78, 5) is 3.90. The van der Waals surface area contributed by atoms with Crippen LogP contribution in [-0.4, -0.2) is 23.6 Å². The number of anilines is 1. The molecule has 0 radical (unpaired) electrons. The van der Waals surface area contributed by atoms with E-state index in [-0.39, 0.29) is 10.0 Å². The summed E-state index contributed by atoms with van der Waals surface area (Å²) in [6.07, 6.45) is 1.34. The molecule has 2 heterocycles. The Kier molecular flexibility index (Phi) is 2.68. The number of aromatic amines is 1. The van der Waals surface area contributed by atoms with Crippen molar-refractivity contribution in [3.8, 4) is 0 Å². The lowest BCUT2D eigenvalue weighted by atomic mass is 10.5. The second-order valence-electron chi connectivity index (χ2n) is 3.24. The molecule has 6 nitrogen and oxygen atoms in total. The van der Waals surface area contributed by atoms with E-state index in [2.05, 4.69) is 19.9 Å². The molecule has 0 fully saturated rings. The smallest absolute Gasteiger partial charge is 0.274 e. The van der Waals surface area contributed by atoms with Crippen molar-refractivity contribution in [3.63, 3.8) is 0 Å². The van der Waals surface area contributed by atoms with Crippen LogP contribution >= 0.6 is 11.3 Å². The van der Waals surface area contributed by atoms with Crippen LogP contribution in [0.5, 0.6) is 0 Å². The minimum atomic E-state index is -3.56. The number of hydrogen-bond acceptors (Lipinski definition) is 5. The number of sulfonamides is 1. The molecule has 0 spiro atoms. The van der Waals surface area contributed by atoms with Gasteiger partial charge in [-0.3, -0.25) is 9.82 Å². The normalized spacial score (nSPS) is 11.6. The standard InChI is InChI=1S/C8H10N4O2S2/c1-5-3-7(11-10-5)12-16(13,14)8-4-9-6(2)15-8/h3-4H,1-2H3,(H2,10,11,12). The van der Waals surface area contributed by atoms with Crippen LogP contribution in [0.2, 0.25) is 0 Å². The quantitative estimate of drug-likeness (QED) is 0.868. The van der Waals surface area contributed by atoms with Gasteiger partial charge in [-0.05, 0) is 13.8 Å². The molecule has 16 heavy (non-hydrogen) atoms. The van der Waals surface area contributed by atoms with Gasteiger partial charge in [-0.1, -0.05) is 0 Å². The van der Waals surface area contributed by atoms with Crippen molar-refractivity contribution in [3.05, 3.63) is 23.0 Å². The highest BCUT2D eigenvalue weighted by atomic mass is 32.2. The van der Waals surface area contributed by atoms with Crippen LogP contribution in [0.25, 0.3) is 0 Å². The summed E-state index contributed by atoms with van der Waals surface area (Å²) >= 11 is 1.12. The monoisotopic (exact) mass is 258 g/mol. The molecule has 0 saturated carbocycles. The molecule has 0 unspecified atom stereocenters. The molecule has 0 aliphatic carbocycles. The van der Waals surface area contributed by atoms with E-state index >= 15 is 0 Å². The third kappa shape index (κ3) is 2.22. The molecule has 8 heteroatoms. The number of thiazole rings is 1.